The first-order chi connectivity index (χ1) is 11.6. The van der Waals surface area contributed by atoms with Crippen molar-refractivity contribution in [3.8, 4) is 0 Å². The minimum Gasteiger partial charge on any atom is -0.351 e. The number of benzene rings is 1. The van der Waals surface area contributed by atoms with Gasteiger partial charge in [0.05, 0.1) is 0 Å². The van der Waals surface area contributed by atoms with Crippen molar-refractivity contribution in [2.45, 2.75) is 26.8 Å². The summed E-state index contributed by atoms with van der Waals surface area (Å²) in [6.07, 6.45) is 3.94. The fraction of sp³-hybridized carbons (Fsp3) is 0.316. The maximum Gasteiger partial charge on any atom is 0.239 e. The molecule has 1 aliphatic rings. The Bertz CT molecular complexity index is 758. The van der Waals surface area contributed by atoms with Gasteiger partial charge >= 0.3 is 0 Å². The summed E-state index contributed by atoms with van der Waals surface area (Å²) in [5.74, 6) is -0.944. The summed E-state index contributed by atoms with van der Waals surface area (Å²) in [5, 5.41) is 2.84. The molecule has 0 saturated carbocycles. The molecule has 1 unspecified atom stereocenters. The standard InChI is InChI=1S/C19H21N3O2/c1-13-5-6-16(10-14(13)2)22-9-7-17(19(22)24)18(23)21-12-15-4-3-8-20-11-15/h3-6,8,10-11,17H,7,9,12H2,1-2H3,(H,21,23). The lowest BCUT2D eigenvalue weighted by molar-refractivity contribution is -0.132. The number of anilines is 1. The zero-order valence-corrected chi connectivity index (χ0v) is 14.0. The van der Waals surface area contributed by atoms with E-state index < -0.39 is 5.92 Å². The van der Waals surface area contributed by atoms with Crippen LogP contribution in [0, 0.1) is 19.8 Å². The molecule has 124 valence electrons. The van der Waals surface area contributed by atoms with Gasteiger partial charge < -0.3 is 10.2 Å². The highest BCUT2D eigenvalue weighted by molar-refractivity contribution is 6.09. The molecule has 2 heterocycles. The van der Waals surface area contributed by atoms with Gasteiger partial charge in [-0.3, -0.25) is 14.6 Å². The molecular formula is C19H21N3O2. The lowest BCUT2D eigenvalue weighted by Crippen LogP contribution is -2.36. The van der Waals surface area contributed by atoms with Gasteiger partial charge in [-0.1, -0.05) is 12.1 Å². The Kier molecular flexibility index (Phi) is 4.60. The number of pyridine rings is 1. The van der Waals surface area contributed by atoms with E-state index in [4.69, 9.17) is 0 Å². The number of carbonyl (C=O) groups excluding carboxylic acids is 2. The molecule has 1 aromatic carbocycles. The van der Waals surface area contributed by atoms with Gasteiger partial charge in [-0.05, 0) is 55.2 Å². The van der Waals surface area contributed by atoms with E-state index in [1.165, 1.54) is 5.56 Å². The Morgan fingerprint density at radius 1 is 1.29 bits per heavy atom. The fourth-order valence-corrected chi connectivity index (χ4v) is 2.89. The molecule has 0 aliphatic carbocycles. The Labute approximate surface area is 141 Å². The van der Waals surface area contributed by atoms with Crippen molar-refractivity contribution in [1.29, 1.82) is 0 Å². The summed E-state index contributed by atoms with van der Waals surface area (Å²) in [5.41, 5.74) is 4.12. The summed E-state index contributed by atoms with van der Waals surface area (Å²) in [4.78, 5) is 30.7. The average Bonchev–Trinajstić information content (AvgIpc) is 2.98. The molecule has 5 nitrogen and oxygen atoms in total. The van der Waals surface area contributed by atoms with Crippen LogP contribution in [0.5, 0.6) is 0 Å². The van der Waals surface area contributed by atoms with Crippen LogP contribution in [-0.2, 0) is 16.1 Å². The van der Waals surface area contributed by atoms with E-state index in [-0.39, 0.29) is 11.8 Å². The van der Waals surface area contributed by atoms with Gasteiger partial charge in [0.15, 0.2) is 0 Å². The molecule has 1 fully saturated rings. The molecule has 24 heavy (non-hydrogen) atoms. The molecule has 1 aromatic heterocycles. The largest absolute Gasteiger partial charge is 0.351 e. The number of nitrogens with zero attached hydrogens (tertiary/aromatic N) is 2. The zero-order chi connectivity index (χ0) is 17.1. The average molecular weight is 323 g/mol. The Balaban J connectivity index is 1.65. The summed E-state index contributed by atoms with van der Waals surface area (Å²) in [7, 11) is 0. The lowest BCUT2D eigenvalue weighted by Gasteiger charge is -2.18. The van der Waals surface area contributed by atoms with Crippen molar-refractivity contribution in [2.24, 2.45) is 5.92 Å². The topological polar surface area (TPSA) is 62.3 Å². The van der Waals surface area contributed by atoms with Gasteiger partial charge in [0.2, 0.25) is 11.8 Å². The SMILES string of the molecule is Cc1ccc(N2CCC(C(=O)NCc3cccnc3)C2=O)cc1C. The second kappa shape index (κ2) is 6.83. The molecule has 3 rings (SSSR count). The number of aromatic nitrogens is 1. The van der Waals surface area contributed by atoms with Crippen LogP contribution in [0.2, 0.25) is 0 Å². The Morgan fingerprint density at radius 2 is 2.12 bits per heavy atom. The highest BCUT2D eigenvalue weighted by Crippen LogP contribution is 2.27. The highest BCUT2D eigenvalue weighted by Gasteiger charge is 2.37. The van der Waals surface area contributed by atoms with E-state index in [2.05, 4.69) is 10.3 Å². The predicted molar refractivity (Wildman–Crippen MR) is 92.5 cm³/mol. The molecule has 0 radical (unpaired) electrons. The number of carbonyl (C=O) groups is 2. The second-order valence-electron chi connectivity index (χ2n) is 6.18. The van der Waals surface area contributed by atoms with E-state index in [1.54, 1.807) is 17.3 Å². The van der Waals surface area contributed by atoms with Crippen molar-refractivity contribution in [3.05, 3.63) is 59.4 Å². The molecule has 5 heteroatoms. The summed E-state index contributed by atoms with van der Waals surface area (Å²) in [6, 6.07) is 9.67. The van der Waals surface area contributed by atoms with E-state index >= 15 is 0 Å². The van der Waals surface area contributed by atoms with Crippen LogP contribution in [-0.4, -0.2) is 23.3 Å². The molecule has 2 amide bonds. The number of rotatable bonds is 4. The van der Waals surface area contributed by atoms with E-state index in [9.17, 15) is 9.59 Å². The molecule has 1 aliphatic heterocycles. The maximum absolute atomic E-state index is 12.6. The maximum atomic E-state index is 12.6. The van der Waals surface area contributed by atoms with Crippen LogP contribution in [0.1, 0.15) is 23.1 Å². The van der Waals surface area contributed by atoms with Crippen molar-refractivity contribution in [2.75, 3.05) is 11.4 Å². The fourth-order valence-electron chi connectivity index (χ4n) is 2.89. The number of aryl methyl sites for hydroxylation is 2. The van der Waals surface area contributed by atoms with E-state index in [0.29, 0.717) is 19.5 Å². The van der Waals surface area contributed by atoms with Crippen molar-refractivity contribution in [1.82, 2.24) is 10.3 Å². The summed E-state index contributed by atoms with van der Waals surface area (Å²) in [6.45, 7) is 5.03. The zero-order valence-electron chi connectivity index (χ0n) is 14.0. The molecule has 2 aromatic rings. The van der Waals surface area contributed by atoms with Gasteiger partial charge in [-0.2, -0.15) is 0 Å². The minimum atomic E-state index is -0.608. The molecule has 0 bridgehead atoms. The normalized spacial score (nSPS) is 17.2. The smallest absolute Gasteiger partial charge is 0.239 e. The van der Waals surface area contributed by atoms with Crippen LogP contribution in [0.15, 0.2) is 42.7 Å². The molecule has 0 spiro atoms. The van der Waals surface area contributed by atoms with Crippen molar-refractivity contribution < 1.29 is 9.59 Å². The van der Waals surface area contributed by atoms with Gasteiger partial charge in [-0.15, -0.1) is 0 Å². The third kappa shape index (κ3) is 3.30. The molecule has 1 saturated heterocycles. The van der Waals surface area contributed by atoms with Crippen LogP contribution in [0.4, 0.5) is 5.69 Å². The van der Waals surface area contributed by atoms with E-state index in [1.807, 2.05) is 44.2 Å². The van der Waals surface area contributed by atoms with Crippen molar-refractivity contribution in [3.63, 3.8) is 0 Å². The number of nitrogens with one attached hydrogen (secondary N) is 1. The quantitative estimate of drug-likeness (QED) is 0.879. The molecule has 1 N–H and O–H groups in total. The summed E-state index contributed by atoms with van der Waals surface area (Å²) >= 11 is 0. The third-order valence-electron chi connectivity index (χ3n) is 4.51. The monoisotopic (exact) mass is 323 g/mol. The predicted octanol–water partition coefficient (Wildman–Crippen LogP) is 2.37. The number of amides is 2. The van der Waals surface area contributed by atoms with Gasteiger partial charge in [-0.25, -0.2) is 0 Å². The van der Waals surface area contributed by atoms with E-state index in [0.717, 1.165) is 16.8 Å². The summed E-state index contributed by atoms with van der Waals surface area (Å²) < 4.78 is 0. The molecule has 1 atom stereocenters. The molecular weight excluding hydrogens is 302 g/mol. The second-order valence-corrected chi connectivity index (χ2v) is 6.18. The van der Waals surface area contributed by atoms with Crippen LogP contribution in [0.25, 0.3) is 0 Å². The van der Waals surface area contributed by atoms with Gasteiger partial charge in [0.1, 0.15) is 5.92 Å². The van der Waals surface area contributed by atoms with Crippen LogP contribution >= 0.6 is 0 Å². The number of hydrogen-bond donors (Lipinski definition) is 1. The van der Waals surface area contributed by atoms with Crippen molar-refractivity contribution >= 4 is 17.5 Å². The lowest BCUT2D eigenvalue weighted by atomic mass is 10.1. The Hall–Kier alpha value is -2.69. The number of hydrogen-bond acceptors (Lipinski definition) is 3. The first kappa shape index (κ1) is 16.2. The van der Waals surface area contributed by atoms with Crippen LogP contribution in [0.3, 0.4) is 0 Å². The van der Waals surface area contributed by atoms with Gasteiger partial charge in [0.25, 0.3) is 0 Å². The van der Waals surface area contributed by atoms with Gasteiger partial charge in [0, 0.05) is 31.2 Å². The first-order valence-electron chi connectivity index (χ1n) is 8.11. The van der Waals surface area contributed by atoms with Crippen LogP contribution < -0.4 is 10.2 Å². The first-order valence-corrected chi connectivity index (χ1v) is 8.11. The Morgan fingerprint density at radius 3 is 2.83 bits per heavy atom. The minimum absolute atomic E-state index is 0.123. The highest BCUT2D eigenvalue weighted by atomic mass is 16.2. The third-order valence-corrected chi connectivity index (χ3v) is 4.51.